The summed E-state index contributed by atoms with van der Waals surface area (Å²) >= 11 is 3.43. The lowest BCUT2D eigenvalue weighted by Gasteiger charge is -2.30. The Morgan fingerprint density at radius 1 is 1.22 bits per heavy atom. The van der Waals surface area contributed by atoms with E-state index in [1.165, 1.54) is 0 Å². The number of amides is 1. The fourth-order valence-corrected chi connectivity index (χ4v) is 4.01. The number of likely N-dealkylation sites (tertiary alicyclic amines) is 1. The summed E-state index contributed by atoms with van der Waals surface area (Å²) in [6, 6.07) is 15.4. The fourth-order valence-electron chi connectivity index (χ4n) is 3.74. The molecule has 1 amide bonds. The topological polar surface area (TPSA) is 80.5 Å². The van der Waals surface area contributed by atoms with E-state index in [-0.39, 0.29) is 17.9 Å². The Morgan fingerprint density at radius 2 is 1.97 bits per heavy atom. The number of halogens is 1. The van der Waals surface area contributed by atoms with Gasteiger partial charge in [-0.25, -0.2) is 0 Å². The molecule has 4 rings (SSSR count). The first kappa shape index (κ1) is 22.5. The SMILES string of the molecule is CC(C)Oc1cccc(NC(=O)C2CCN(Cc3nc(-c4ccc(Br)cc4)no3)CC2)c1. The average molecular weight is 499 g/mol. The summed E-state index contributed by atoms with van der Waals surface area (Å²) in [5, 5.41) is 7.13. The second-order valence-electron chi connectivity index (χ2n) is 8.25. The van der Waals surface area contributed by atoms with Gasteiger partial charge < -0.3 is 14.6 Å². The maximum Gasteiger partial charge on any atom is 0.241 e. The molecule has 2 heterocycles. The molecule has 168 valence electrons. The van der Waals surface area contributed by atoms with E-state index in [1.54, 1.807) is 0 Å². The van der Waals surface area contributed by atoms with E-state index in [9.17, 15) is 4.79 Å². The van der Waals surface area contributed by atoms with Gasteiger partial charge in [0.25, 0.3) is 0 Å². The van der Waals surface area contributed by atoms with Gasteiger partial charge in [0.1, 0.15) is 5.75 Å². The zero-order chi connectivity index (χ0) is 22.5. The average Bonchev–Trinajstić information content (AvgIpc) is 3.23. The molecule has 32 heavy (non-hydrogen) atoms. The smallest absolute Gasteiger partial charge is 0.241 e. The number of rotatable bonds is 7. The first-order valence-electron chi connectivity index (χ1n) is 10.8. The van der Waals surface area contributed by atoms with Crippen LogP contribution in [0.15, 0.2) is 57.5 Å². The van der Waals surface area contributed by atoms with Crippen LogP contribution in [-0.2, 0) is 11.3 Å². The van der Waals surface area contributed by atoms with Crippen LogP contribution in [0.1, 0.15) is 32.6 Å². The first-order valence-corrected chi connectivity index (χ1v) is 11.6. The van der Waals surface area contributed by atoms with Crippen molar-refractivity contribution in [1.29, 1.82) is 0 Å². The molecule has 8 heteroatoms. The van der Waals surface area contributed by atoms with Crippen LogP contribution in [0.2, 0.25) is 0 Å². The van der Waals surface area contributed by atoms with E-state index in [1.807, 2.05) is 62.4 Å². The molecule has 0 atom stereocenters. The van der Waals surface area contributed by atoms with Crippen molar-refractivity contribution in [2.24, 2.45) is 5.92 Å². The molecular formula is C24H27BrN4O3. The summed E-state index contributed by atoms with van der Waals surface area (Å²) in [4.78, 5) is 19.5. The van der Waals surface area contributed by atoms with Crippen LogP contribution in [0.25, 0.3) is 11.4 Å². The van der Waals surface area contributed by atoms with Crippen LogP contribution in [0.4, 0.5) is 5.69 Å². The lowest BCUT2D eigenvalue weighted by molar-refractivity contribution is -0.121. The molecule has 1 aliphatic rings. The summed E-state index contributed by atoms with van der Waals surface area (Å²) < 4.78 is 12.2. The molecule has 3 aromatic rings. The summed E-state index contributed by atoms with van der Waals surface area (Å²) in [6.45, 7) is 6.17. The van der Waals surface area contributed by atoms with Crippen LogP contribution < -0.4 is 10.1 Å². The zero-order valence-corrected chi connectivity index (χ0v) is 19.8. The number of nitrogens with zero attached hydrogens (tertiary/aromatic N) is 3. The quantitative estimate of drug-likeness (QED) is 0.485. The van der Waals surface area contributed by atoms with Crippen LogP contribution in [-0.4, -0.2) is 40.1 Å². The number of hydrogen-bond acceptors (Lipinski definition) is 6. The van der Waals surface area contributed by atoms with Crippen molar-refractivity contribution in [2.45, 2.75) is 39.3 Å². The molecule has 0 bridgehead atoms. The molecule has 1 saturated heterocycles. The predicted molar refractivity (Wildman–Crippen MR) is 126 cm³/mol. The largest absolute Gasteiger partial charge is 0.491 e. The maximum atomic E-state index is 12.7. The molecule has 1 aromatic heterocycles. The highest BCUT2D eigenvalue weighted by Gasteiger charge is 2.26. The number of carbonyl (C=O) groups is 1. The Balaban J connectivity index is 1.27. The van der Waals surface area contributed by atoms with E-state index >= 15 is 0 Å². The van der Waals surface area contributed by atoms with Crippen LogP contribution in [0, 0.1) is 5.92 Å². The lowest BCUT2D eigenvalue weighted by Crippen LogP contribution is -2.37. The monoisotopic (exact) mass is 498 g/mol. The third kappa shape index (κ3) is 5.95. The summed E-state index contributed by atoms with van der Waals surface area (Å²) in [6.07, 6.45) is 1.68. The van der Waals surface area contributed by atoms with Gasteiger partial charge in [0, 0.05) is 27.7 Å². The number of anilines is 1. The van der Waals surface area contributed by atoms with E-state index in [2.05, 4.69) is 36.3 Å². The van der Waals surface area contributed by atoms with Gasteiger partial charge in [-0.05, 0) is 76.2 Å². The second kappa shape index (κ2) is 10.3. The van der Waals surface area contributed by atoms with Crippen molar-refractivity contribution >= 4 is 27.5 Å². The molecule has 1 fully saturated rings. The molecule has 1 N–H and O–H groups in total. The molecule has 0 radical (unpaired) electrons. The van der Waals surface area contributed by atoms with Gasteiger partial charge in [-0.3, -0.25) is 9.69 Å². The highest BCUT2D eigenvalue weighted by molar-refractivity contribution is 9.10. The van der Waals surface area contributed by atoms with Crippen molar-refractivity contribution in [3.8, 4) is 17.1 Å². The molecule has 0 spiro atoms. The van der Waals surface area contributed by atoms with E-state index in [4.69, 9.17) is 9.26 Å². The minimum absolute atomic E-state index is 0.0121. The lowest BCUT2D eigenvalue weighted by atomic mass is 9.96. The predicted octanol–water partition coefficient (Wildman–Crippen LogP) is 5.14. The molecule has 0 saturated carbocycles. The Bertz CT molecular complexity index is 1040. The number of carbonyl (C=O) groups excluding carboxylic acids is 1. The highest BCUT2D eigenvalue weighted by atomic mass is 79.9. The van der Waals surface area contributed by atoms with Gasteiger partial charge in [0.05, 0.1) is 12.6 Å². The van der Waals surface area contributed by atoms with Gasteiger partial charge in [-0.15, -0.1) is 0 Å². The Hall–Kier alpha value is -2.71. The van der Waals surface area contributed by atoms with Gasteiger partial charge in [0.15, 0.2) is 0 Å². The van der Waals surface area contributed by atoms with Gasteiger partial charge in [-0.1, -0.05) is 27.2 Å². The summed E-state index contributed by atoms with van der Waals surface area (Å²) in [7, 11) is 0. The number of ether oxygens (including phenoxy) is 1. The van der Waals surface area contributed by atoms with E-state index in [0.29, 0.717) is 18.3 Å². The maximum absolute atomic E-state index is 12.7. The molecule has 1 aliphatic heterocycles. The molecule has 2 aromatic carbocycles. The fraction of sp³-hybridized carbons (Fsp3) is 0.375. The zero-order valence-electron chi connectivity index (χ0n) is 18.3. The van der Waals surface area contributed by atoms with E-state index < -0.39 is 0 Å². The van der Waals surface area contributed by atoms with Crippen LogP contribution in [0.3, 0.4) is 0 Å². The molecule has 7 nitrogen and oxygen atoms in total. The van der Waals surface area contributed by atoms with Gasteiger partial charge in [-0.2, -0.15) is 4.98 Å². The van der Waals surface area contributed by atoms with Crippen molar-refractivity contribution in [3.05, 3.63) is 58.9 Å². The van der Waals surface area contributed by atoms with Crippen molar-refractivity contribution in [1.82, 2.24) is 15.0 Å². The number of hydrogen-bond donors (Lipinski definition) is 1. The Kier molecular flexibility index (Phi) is 7.22. The standard InChI is InChI=1S/C24H27BrN4O3/c1-16(2)31-21-5-3-4-20(14-21)26-24(30)18-10-12-29(13-11-18)15-22-27-23(28-32-22)17-6-8-19(25)9-7-17/h3-9,14,16,18H,10-13,15H2,1-2H3,(H,26,30). The summed E-state index contributed by atoms with van der Waals surface area (Å²) in [5.41, 5.74) is 1.68. The summed E-state index contributed by atoms with van der Waals surface area (Å²) in [5.74, 6) is 1.98. The van der Waals surface area contributed by atoms with Crippen LogP contribution in [0.5, 0.6) is 5.75 Å². The van der Waals surface area contributed by atoms with Crippen molar-refractivity contribution < 1.29 is 14.1 Å². The Labute approximate surface area is 196 Å². The van der Waals surface area contributed by atoms with Crippen molar-refractivity contribution in [2.75, 3.05) is 18.4 Å². The number of piperidine rings is 1. The minimum Gasteiger partial charge on any atom is -0.491 e. The second-order valence-corrected chi connectivity index (χ2v) is 9.17. The number of nitrogens with one attached hydrogen (secondary N) is 1. The Morgan fingerprint density at radius 3 is 2.69 bits per heavy atom. The molecular weight excluding hydrogens is 472 g/mol. The van der Waals surface area contributed by atoms with Gasteiger partial charge in [0.2, 0.25) is 17.6 Å². The third-order valence-corrected chi connectivity index (χ3v) is 5.89. The van der Waals surface area contributed by atoms with Crippen molar-refractivity contribution in [3.63, 3.8) is 0 Å². The molecule has 0 aliphatic carbocycles. The third-order valence-electron chi connectivity index (χ3n) is 5.36. The molecule has 0 unspecified atom stereocenters. The number of benzene rings is 2. The number of aromatic nitrogens is 2. The highest BCUT2D eigenvalue weighted by Crippen LogP contribution is 2.24. The van der Waals surface area contributed by atoms with Gasteiger partial charge >= 0.3 is 0 Å². The normalized spacial score (nSPS) is 15.1. The minimum atomic E-state index is -0.0121. The first-order chi connectivity index (χ1) is 15.5. The van der Waals surface area contributed by atoms with E-state index in [0.717, 1.165) is 47.4 Å². The van der Waals surface area contributed by atoms with Crippen LogP contribution >= 0.6 is 15.9 Å².